The van der Waals surface area contributed by atoms with Gasteiger partial charge in [-0.1, -0.05) is 30.8 Å². The Morgan fingerprint density at radius 1 is 0.833 bits per heavy atom. The van der Waals surface area contributed by atoms with Crippen LogP contribution in [0.15, 0.2) is 60.7 Å². The monoisotopic (exact) mass is 410 g/mol. The first-order valence-corrected chi connectivity index (χ1v) is 9.50. The fourth-order valence-electron chi connectivity index (χ4n) is 2.28. The lowest BCUT2D eigenvalue weighted by atomic mass is 9.97. The molecule has 0 aromatic heterocycles. The van der Waals surface area contributed by atoms with Crippen molar-refractivity contribution in [1.82, 2.24) is 0 Å². The molecule has 30 heavy (non-hydrogen) atoms. The molecule has 2 aromatic carbocycles. The third-order valence-corrected chi connectivity index (χ3v) is 4.03. The van der Waals surface area contributed by atoms with E-state index in [0.717, 1.165) is 11.1 Å². The van der Waals surface area contributed by atoms with Crippen molar-refractivity contribution in [3.63, 3.8) is 0 Å². The van der Waals surface area contributed by atoms with Gasteiger partial charge in [0, 0.05) is 5.57 Å². The molecule has 0 aliphatic carbocycles. The highest BCUT2D eigenvalue weighted by Crippen LogP contribution is 2.23. The van der Waals surface area contributed by atoms with Crippen molar-refractivity contribution >= 4 is 17.9 Å². The number of benzene rings is 2. The summed E-state index contributed by atoms with van der Waals surface area (Å²) in [5, 5.41) is 0. The molecule has 2 aromatic rings. The summed E-state index contributed by atoms with van der Waals surface area (Å²) in [4.78, 5) is 35.3. The van der Waals surface area contributed by atoms with E-state index in [1.54, 1.807) is 64.1 Å². The van der Waals surface area contributed by atoms with Crippen LogP contribution in [-0.2, 0) is 19.1 Å². The Bertz CT molecular complexity index is 918. The highest BCUT2D eigenvalue weighted by molar-refractivity contribution is 5.90. The van der Waals surface area contributed by atoms with Gasteiger partial charge >= 0.3 is 17.9 Å². The SMILES string of the molecule is C=C(C)C(=O)Oc1ccc(-c2ccc(C(=O)OCCOC(=O)C(C)(C)C)cc2)cc1. The van der Waals surface area contributed by atoms with Gasteiger partial charge in [-0.2, -0.15) is 0 Å². The number of hydrogen-bond donors (Lipinski definition) is 0. The van der Waals surface area contributed by atoms with E-state index in [1.165, 1.54) is 0 Å². The maximum Gasteiger partial charge on any atom is 0.338 e. The maximum atomic E-state index is 12.1. The Morgan fingerprint density at radius 3 is 1.83 bits per heavy atom. The summed E-state index contributed by atoms with van der Waals surface area (Å²) in [5.74, 6) is -0.878. The molecule has 158 valence electrons. The summed E-state index contributed by atoms with van der Waals surface area (Å²) in [6.07, 6.45) is 0. The van der Waals surface area contributed by atoms with E-state index in [1.807, 2.05) is 12.1 Å². The standard InChI is InChI=1S/C24H26O6/c1-16(2)21(25)30-20-12-10-18(11-13-20)17-6-8-19(9-7-17)22(26)28-14-15-29-23(27)24(3,4)5/h6-13H,1,14-15H2,2-5H3. The smallest absolute Gasteiger partial charge is 0.338 e. The summed E-state index contributed by atoms with van der Waals surface area (Å²) in [5.41, 5.74) is 1.92. The van der Waals surface area contributed by atoms with Crippen molar-refractivity contribution < 1.29 is 28.6 Å². The van der Waals surface area contributed by atoms with Crippen LogP contribution in [0.25, 0.3) is 11.1 Å². The third-order valence-electron chi connectivity index (χ3n) is 4.03. The highest BCUT2D eigenvalue weighted by atomic mass is 16.6. The van der Waals surface area contributed by atoms with Crippen molar-refractivity contribution in [3.8, 4) is 16.9 Å². The predicted molar refractivity (Wildman–Crippen MR) is 113 cm³/mol. The molecule has 0 aliphatic heterocycles. The molecule has 0 amide bonds. The molecule has 0 N–H and O–H groups in total. The average molecular weight is 410 g/mol. The van der Waals surface area contributed by atoms with E-state index in [0.29, 0.717) is 16.9 Å². The number of rotatable bonds is 7. The zero-order chi connectivity index (χ0) is 22.3. The zero-order valence-corrected chi connectivity index (χ0v) is 17.7. The minimum atomic E-state index is -0.593. The van der Waals surface area contributed by atoms with E-state index in [9.17, 15) is 14.4 Å². The molecule has 0 saturated heterocycles. The Morgan fingerprint density at radius 2 is 1.33 bits per heavy atom. The minimum Gasteiger partial charge on any atom is -0.462 e. The van der Waals surface area contributed by atoms with Gasteiger partial charge in [-0.05, 0) is 63.1 Å². The van der Waals surface area contributed by atoms with Crippen molar-refractivity contribution in [3.05, 3.63) is 66.2 Å². The van der Waals surface area contributed by atoms with Crippen LogP contribution in [0.5, 0.6) is 5.75 Å². The molecule has 0 saturated carbocycles. The van der Waals surface area contributed by atoms with Gasteiger partial charge in [0.1, 0.15) is 19.0 Å². The molecule has 0 heterocycles. The number of carbonyl (C=O) groups excluding carboxylic acids is 3. The lowest BCUT2D eigenvalue weighted by Crippen LogP contribution is -2.24. The molecule has 0 atom stereocenters. The normalized spacial score (nSPS) is 10.8. The number of esters is 3. The van der Waals surface area contributed by atoms with Crippen LogP contribution >= 0.6 is 0 Å². The minimum absolute atomic E-state index is 0.00717. The number of ether oxygens (including phenoxy) is 3. The van der Waals surface area contributed by atoms with Crippen LogP contribution < -0.4 is 4.74 Å². The molecule has 6 heteroatoms. The van der Waals surface area contributed by atoms with Gasteiger partial charge < -0.3 is 14.2 Å². The fourth-order valence-corrected chi connectivity index (χ4v) is 2.28. The summed E-state index contributed by atoms with van der Waals surface area (Å²) < 4.78 is 15.4. The van der Waals surface area contributed by atoms with Crippen molar-refractivity contribution in [2.75, 3.05) is 13.2 Å². The van der Waals surface area contributed by atoms with Crippen LogP contribution in [0, 0.1) is 5.41 Å². The van der Waals surface area contributed by atoms with Gasteiger partial charge in [0.25, 0.3) is 0 Å². The first kappa shape index (κ1) is 22.9. The first-order chi connectivity index (χ1) is 14.1. The largest absolute Gasteiger partial charge is 0.462 e. The second kappa shape index (κ2) is 9.87. The van der Waals surface area contributed by atoms with E-state index >= 15 is 0 Å². The molecule has 0 spiro atoms. The van der Waals surface area contributed by atoms with E-state index in [2.05, 4.69) is 6.58 Å². The Kier molecular flexibility index (Phi) is 7.53. The Balaban J connectivity index is 1.90. The van der Waals surface area contributed by atoms with E-state index in [-0.39, 0.29) is 19.2 Å². The summed E-state index contributed by atoms with van der Waals surface area (Å²) in [7, 11) is 0. The zero-order valence-electron chi connectivity index (χ0n) is 17.7. The molecule has 0 radical (unpaired) electrons. The summed E-state index contributed by atoms with van der Waals surface area (Å²) in [6, 6.07) is 13.9. The first-order valence-electron chi connectivity index (χ1n) is 9.50. The van der Waals surface area contributed by atoms with Crippen LogP contribution in [-0.4, -0.2) is 31.1 Å². The maximum absolute atomic E-state index is 12.1. The summed E-state index contributed by atoms with van der Waals surface area (Å²) in [6.45, 7) is 10.4. The highest BCUT2D eigenvalue weighted by Gasteiger charge is 2.22. The van der Waals surface area contributed by atoms with Crippen LogP contribution in [0.3, 0.4) is 0 Å². The quantitative estimate of drug-likeness (QED) is 0.288. The second-order valence-electron chi connectivity index (χ2n) is 7.79. The molecular formula is C24H26O6. The summed E-state index contributed by atoms with van der Waals surface area (Å²) >= 11 is 0. The van der Waals surface area contributed by atoms with E-state index in [4.69, 9.17) is 14.2 Å². The number of hydrogen-bond acceptors (Lipinski definition) is 6. The van der Waals surface area contributed by atoms with Crippen molar-refractivity contribution in [1.29, 1.82) is 0 Å². The van der Waals surface area contributed by atoms with Crippen molar-refractivity contribution in [2.24, 2.45) is 5.41 Å². The fraction of sp³-hybridized carbons (Fsp3) is 0.292. The molecule has 0 aliphatic rings. The molecule has 0 unspecified atom stereocenters. The molecular weight excluding hydrogens is 384 g/mol. The second-order valence-corrected chi connectivity index (χ2v) is 7.79. The van der Waals surface area contributed by atoms with Gasteiger partial charge in [-0.15, -0.1) is 0 Å². The van der Waals surface area contributed by atoms with Gasteiger partial charge in [0.2, 0.25) is 0 Å². The van der Waals surface area contributed by atoms with Gasteiger partial charge in [-0.3, -0.25) is 4.79 Å². The Labute approximate surface area is 176 Å². The topological polar surface area (TPSA) is 78.9 Å². The molecule has 0 fully saturated rings. The van der Waals surface area contributed by atoms with Crippen LogP contribution in [0.4, 0.5) is 0 Å². The van der Waals surface area contributed by atoms with Gasteiger partial charge in [-0.25, -0.2) is 9.59 Å². The lowest BCUT2D eigenvalue weighted by molar-refractivity contribution is -0.154. The Hall–Kier alpha value is -3.41. The number of carbonyl (C=O) groups is 3. The molecule has 2 rings (SSSR count). The van der Waals surface area contributed by atoms with Crippen LogP contribution in [0.1, 0.15) is 38.1 Å². The average Bonchev–Trinajstić information content (AvgIpc) is 2.70. The molecule has 6 nitrogen and oxygen atoms in total. The van der Waals surface area contributed by atoms with Crippen molar-refractivity contribution in [2.45, 2.75) is 27.7 Å². The van der Waals surface area contributed by atoms with Gasteiger partial charge in [0.05, 0.1) is 11.0 Å². The van der Waals surface area contributed by atoms with Crippen LogP contribution in [0.2, 0.25) is 0 Å². The molecule has 0 bridgehead atoms. The predicted octanol–water partition coefficient (Wildman–Crippen LogP) is 4.58. The van der Waals surface area contributed by atoms with Gasteiger partial charge in [0.15, 0.2) is 0 Å². The third kappa shape index (κ3) is 6.58. The lowest BCUT2D eigenvalue weighted by Gasteiger charge is -2.16. The van der Waals surface area contributed by atoms with E-state index < -0.39 is 17.4 Å².